The topological polar surface area (TPSA) is 107 Å². The van der Waals surface area contributed by atoms with E-state index in [-0.39, 0.29) is 42.7 Å². The third-order valence-electron chi connectivity index (χ3n) is 5.60. The monoisotopic (exact) mass is 586 g/mol. The molecule has 0 aliphatic carbocycles. The van der Waals surface area contributed by atoms with E-state index in [9.17, 15) is 40.7 Å². The molecule has 3 aromatic rings. The minimum Gasteiger partial charge on any atom is -0.378 e. The third kappa shape index (κ3) is 7.15. The number of aromatic nitrogens is 2. The normalized spacial score (nSPS) is 14.5. The number of aromatic amines is 2. The van der Waals surface area contributed by atoms with Gasteiger partial charge < -0.3 is 15.0 Å². The summed E-state index contributed by atoms with van der Waals surface area (Å²) in [6.45, 7) is 0.915. The number of nitrogens with zero attached hydrogens (tertiary/aromatic N) is 1. The molecule has 0 bridgehead atoms. The first-order valence-corrected chi connectivity index (χ1v) is 12.4. The number of carbonyl (C=O) groups is 1. The number of anilines is 2. The van der Waals surface area contributed by atoms with Crippen LogP contribution in [0.1, 0.15) is 16.7 Å². The van der Waals surface area contributed by atoms with Crippen molar-refractivity contribution in [3.05, 3.63) is 86.1 Å². The quantitative estimate of drug-likeness (QED) is 0.281. The summed E-state index contributed by atoms with van der Waals surface area (Å²) in [6.07, 6.45) is -9.22. The summed E-state index contributed by atoms with van der Waals surface area (Å²) in [7, 11) is 0. The molecule has 1 saturated heterocycles. The standard InChI is InChI=1S/C25H20F6N4O4S/c26-24(27,28)21-14(5-7-20(37)35-8-10-39-11-9-35)4-6-17(22(21)25(29,30)31)40-16-3-1-2-15(12-16)32-18-13-19(36)34-23(38)33-18/h1-7,12-13H,8-11H2,(H3,32,33,34,36,38)/b7-5+. The van der Waals surface area contributed by atoms with E-state index in [4.69, 9.17) is 4.74 Å². The highest BCUT2D eigenvalue weighted by atomic mass is 32.2. The summed E-state index contributed by atoms with van der Waals surface area (Å²) in [5.74, 6) is -0.650. The zero-order valence-corrected chi connectivity index (χ0v) is 21.1. The fourth-order valence-corrected chi connectivity index (χ4v) is 4.96. The molecule has 212 valence electrons. The van der Waals surface area contributed by atoms with Crippen LogP contribution in [-0.2, 0) is 21.9 Å². The average molecular weight is 587 g/mol. The number of morpholine rings is 1. The molecule has 0 unspecified atom stereocenters. The first-order chi connectivity index (χ1) is 18.8. The van der Waals surface area contributed by atoms with Gasteiger partial charge in [-0.25, -0.2) is 4.79 Å². The molecule has 2 heterocycles. The van der Waals surface area contributed by atoms with Gasteiger partial charge in [-0.05, 0) is 35.9 Å². The molecule has 15 heteroatoms. The molecule has 1 amide bonds. The first kappa shape index (κ1) is 29.0. The third-order valence-corrected chi connectivity index (χ3v) is 6.65. The summed E-state index contributed by atoms with van der Waals surface area (Å²) in [5, 5.41) is 2.71. The van der Waals surface area contributed by atoms with Gasteiger partial charge in [-0.1, -0.05) is 23.9 Å². The van der Waals surface area contributed by atoms with Gasteiger partial charge in [-0.3, -0.25) is 19.6 Å². The lowest BCUT2D eigenvalue weighted by molar-refractivity contribution is -0.163. The molecular formula is C25H20F6N4O4S. The number of ether oxygens (including phenoxy) is 1. The Morgan fingerprint density at radius 3 is 2.30 bits per heavy atom. The summed E-state index contributed by atoms with van der Waals surface area (Å²) in [5.41, 5.74) is -5.85. The molecule has 1 aliphatic heterocycles. The van der Waals surface area contributed by atoms with Crippen LogP contribution in [0.4, 0.5) is 37.8 Å². The lowest BCUT2D eigenvalue weighted by Crippen LogP contribution is -2.39. The lowest BCUT2D eigenvalue weighted by Gasteiger charge is -2.25. The van der Waals surface area contributed by atoms with Crippen molar-refractivity contribution < 1.29 is 35.9 Å². The van der Waals surface area contributed by atoms with Gasteiger partial charge in [0.2, 0.25) is 5.91 Å². The van der Waals surface area contributed by atoms with Crippen LogP contribution in [-0.4, -0.2) is 47.1 Å². The van der Waals surface area contributed by atoms with Crippen molar-refractivity contribution in [2.45, 2.75) is 22.1 Å². The van der Waals surface area contributed by atoms with Gasteiger partial charge in [0.05, 0.1) is 24.3 Å². The zero-order valence-electron chi connectivity index (χ0n) is 20.3. The molecule has 2 aromatic carbocycles. The summed E-state index contributed by atoms with van der Waals surface area (Å²) < 4.78 is 89.8. The predicted molar refractivity (Wildman–Crippen MR) is 134 cm³/mol. The maximum absolute atomic E-state index is 14.1. The molecule has 0 atom stereocenters. The summed E-state index contributed by atoms with van der Waals surface area (Å²) >= 11 is 0.445. The fraction of sp³-hybridized carbons (Fsp3) is 0.240. The Morgan fingerprint density at radius 1 is 0.950 bits per heavy atom. The Bertz CT molecular complexity index is 1510. The van der Waals surface area contributed by atoms with Crippen LogP contribution in [0.15, 0.2) is 67.9 Å². The molecule has 1 aromatic heterocycles. The molecule has 8 nitrogen and oxygen atoms in total. The molecule has 0 radical (unpaired) electrons. The van der Waals surface area contributed by atoms with Crippen molar-refractivity contribution >= 4 is 35.3 Å². The van der Waals surface area contributed by atoms with Gasteiger partial charge >= 0.3 is 18.0 Å². The van der Waals surface area contributed by atoms with Crippen LogP contribution in [0.25, 0.3) is 6.08 Å². The van der Waals surface area contributed by atoms with E-state index in [2.05, 4.69) is 10.3 Å². The second-order valence-electron chi connectivity index (χ2n) is 8.43. The Hall–Kier alpha value is -3.98. The molecule has 1 aliphatic rings. The number of rotatable bonds is 6. The molecule has 1 fully saturated rings. The van der Waals surface area contributed by atoms with Crippen LogP contribution in [0, 0.1) is 0 Å². The number of benzene rings is 2. The van der Waals surface area contributed by atoms with Crippen molar-refractivity contribution in [3.63, 3.8) is 0 Å². The number of hydrogen-bond donors (Lipinski definition) is 3. The summed E-state index contributed by atoms with van der Waals surface area (Å²) in [6, 6.07) is 8.47. The molecule has 3 N–H and O–H groups in total. The van der Waals surface area contributed by atoms with Gasteiger partial charge in [0.25, 0.3) is 5.56 Å². The minimum atomic E-state index is -5.39. The van der Waals surface area contributed by atoms with Crippen LogP contribution in [0.3, 0.4) is 0 Å². The van der Waals surface area contributed by atoms with Crippen molar-refractivity contribution in [2.24, 2.45) is 0 Å². The van der Waals surface area contributed by atoms with Crippen molar-refractivity contribution in [1.82, 2.24) is 14.9 Å². The van der Waals surface area contributed by atoms with E-state index in [0.29, 0.717) is 11.8 Å². The number of halogens is 6. The van der Waals surface area contributed by atoms with E-state index in [1.54, 1.807) is 0 Å². The number of H-pyrrole nitrogens is 2. The molecule has 0 saturated carbocycles. The van der Waals surface area contributed by atoms with Crippen LogP contribution in [0.5, 0.6) is 0 Å². The van der Waals surface area contributed by atoms with Crippen molar-refractivity contribution in [3.8, 4) is 0 Å². The Labute approximate surface area is 226 Å². The molecule has 0 spiro atoms. The Morgan fingerprint density at radius 2 is 1.65 bits per heavy atom. The van der Waals surface area contributed by atoms with E-state index >= 15 is 0 Å². The van der Waals surface area contributed by atoms with Gasteiger partial charge in [-0.15, -0.1) is 0 Å². The number of amides is 1. The van der Waals surface area contributed by atoms with Gasteiger partial charge in [0, 0.05) is 40.7 Å². The van der Waals surface area contributed by atoms with Crippen LogP contribution < -0.4 is 16.6 Å². The number of carbonyl (C=O) groups excluding carboxylic acids is 1. The van der Waals surface area contributed by atoms with E-state index in [1.165, 1.54) is 29.2 Å². The van der Waals surface area contributed by atoms with Crippen molar-refractivity contribution in [2.75, 3.05) is 31.6 Å². The van der Waals surface area contributed by atoms with Gasteiger partial charge in [0.15, 0.2) is 0 Å². The van der Waals surface area contributed by atoms with E-state index in [0.717, 1.165) is 30.4 Å². The predicted octanol–water partition coefficient (Wildman–Crippen LogP) is 4.87. The van der Waals surface area contributed by atoms with E-state index < -0.39 is 51.1 Å². The number of alkyl halides is 6. The molecular weight excluding hydrogens is 566 g/mol. The summed E-state index contributed by atoms with van der Waals surface area (Å²) in [4.78, 5) is 40.4. The van der Waals surface area contributed by atoms with Crippen molar-refractivity contribution in [1.29, 1.82) is 0 Å². The highest BCUT2D eigenvalue weighted by Gasteiger charge is 2.46. The first-order valence-electron chi connectivity index (χ1n) is 11.6. The van der Waals surface area contributed by atoms with E-state index in [1.807, 2.05) is 4.98 Å². The van der Waals surface area contributed by atoms with Gasteiger partial charge in [-0.2, -0.15) is 26.3 Å². The van der Waals surface area contributed by atoms with Gasteiger partial charge in [0.1, 0.15) is 5.82 Å². The van der Waals surface area contributed by atoms with Crippen LogP contribution in [0.2, 0.25) is 0 Å². The minimum absolute atomic E-state index is 0.00555. The molecule has 40 heavy (non-hydrogen) atoms. The number of nitrogens with one attached hydrogen (secondary N) is 3. The molecule has 4 rings (SSSR count). The average Bonchev–Trinajstić information content (AvgIpc) is 2.86. The SMILES string of the molecule is O=C(/C=C/c1ccc(Sc2cccc(Nc3cc(=O)[nH]c(=O)[nH]3)c2)c(C(F)(F)F)c1C(F)(F)F)N1CCOCC1. The fourth-order valence-electron chi connectivity index (χ4n) is 3.92. The van der Waals surface area contributed by atoms with Crippen LogP contribution >= 0.6 is 11.8 Å². The number of hydrogen-bond acceptors (Lipinski definition) is 6. The second-order valence-corrected chi connectivity index (χ2v) is 9.54. The smallest absolute Gasteiger partial charge is 0.378 e. The Kier molecular flexibility index (Phi) is 8.44. The maximum atomic E-state index is 14.1. The zero-order chi connectivity index (χ0) is 29.1. The highest BCUT2D eigenvalue weighted by Crippen LogP contribution is 2.48. The highest BCUT2D eigenvalue weighted by molar-refractivity contribution is 7.99. The lowest BCUT2D eigenvalue weighted by atomic mass is 9.99. The Balaban J connectivity index is 1.70. The largest absolute Gasteiger partial charge is 0.418 e. The second kappa shape index (κ2) is 11.6. The maximum Gasteiger partial charge on any atom is 0.418 e.